The number of alkyl halides is 3. The van der Waals surface area contributed by atoms with Crippen molar-refractivity contribution in [1.29, 1.82) is 5.26 Å². The summed E-state index contributed by atoms with van der Waals surface area (Å²) in [5, 5.41) is 13.3. The first kappa shape index (κ1) is 55.0. The Kier molecular flexibility index (Phi) is 13.6. The number of benzene rings is 10. The molecule has 0 atom stereocenters. The van der Waals surface area contributed by atoms with E-state index in [1.807, 2.05) is 218 Å². The van der Waals surface area contributed by atoms with Crippen LogP contribution in [0.3, 0.4) is 0 Å². The molecule has 6 aromatic heterocycles. The van der Waals surface area contributed by atoms with Crippen LogP contribution in [0.5, 0.6) is 0 Å². The van der Waals surface area contributed by atoms with Crippen LogP contribution in [-0.2, 0) is 6.18 Å². The topological polar surface area (TPSA) is 85.2 Å². The molecule has 0 amide bonds. The Labute approximate surface area is 527 Å². The predicted molar refractivity (Wildman–Crippen MR) is 365 cm³/mol. The molecule has 0 aliphatic rings. The van der Waals surface area contributed by atoms with Crippen LogP contribution in [0.25, 0.3) is 156 Å². The molecule has 0 spiro atoms. The minimum atomic E-state index is -4.98. The molecule has 0 aliphatic heterocycles. The fourth-order valence-corrected chi connectivity index (χ4v) is 13.0. The average molecular weight is 1190 g/mol. The first-order chi connectivity index (χ1) is 45.2. The summed E-state index contributed by atoms with van der Waals surface area (Å²) < 4.78 is 56.6. The number of nitrogens with zero attached hydrogens (tertiary/aromatic N) is 7. The molecule has 7 nitrogen and oxygen atoms in total. The standard InChI is InChI=1S/C82H50F3N7/c83-82(84,85)80-79(91-75-29-24-57(61-34-38-87-71(47-61)53-15-5-1-6-16-53)43-67(75)68-44-58(25-30-76(68)91)62-35-39-88-72(48-62)54-17-7-2-8-18-54)33-28-66(65-23-13-14-52(42-65)51-86)81(80)92-77-31-26-59(63-36-40-89-73(49-63)55-19-9-3-10-20-55)45-69(77)70-46-60(27-32-78(70)92)64-37-41-90-74(50-64)56-21-11-4-12-22-56/h1-50H. The molecule has 0 N–H and O–H groups in total. The van der Waals surface area contributed by atoms with Gasteiger partial charge in [-0.3, -0.25) is 19.9 Å². The van der Waals surface area contributed by atoms with Gasteiger partial charge in [-0.05, 0) is 165 Å². The van der Waals surface area contributed by atoms with E-state index in [0.29, 0.717) is 33.2 Å². The molecule has 10 heteroatoms. The number of aromatic nitrogens is 6. The second-order valence-electron chi connectivity index (χ2n) is 22.8. The fourth-order valence-electron chi connectivity index (χ4n) is 13.0. The van der Waals surface area contributed by atoms with E-state index in [-0.39, 0.29) is 16.9 Å². The highest BCUT2D eigenvalue weighted by atomic mass is 19.4. The van der Waals surface area contributed by atoms with Gasteiger partial charge in [-0.15, -0.1) is 0 Å². The van der Waals surface area contributed by atoms with Gasteiger partial charge in [0.15, 0.2) is 0 Å². The van der Waals surface area contributed by atoms with Gasteiger partial charge in [0.25, 0.3) is 0 Å². The highest BCUT2D eigenvalue weighted by Crippen LogP contribution is 2.49. The molecule has 0 saturated carbocycles. The SMILES string of the molecule is N#Cc1cccc(-c2ccc(-n3c4ccc(-c5ccnc(-c6ccccc6)c5)cc4c4cc(-c5ccnc(-c6ccccc6)c5)ccc43)c(C(F)(F)F)c2-n2c3ccc(-c4ccnc(-c5ccccc5)c4)cc3c3cc(-c4ccnc(-c5ccccc5)c4)ccc32)c1. The van der Waals surface area contributed by atoms with Crippen molar-refractivity contribution in [3.05, 3.63) is 315 Å². The van der Waals surface area contributed by atoms with Gasteiger partial charge in [-0.25, -0.2) is 0 Å². The van der Waals surface area contributed by atoms with Crippen molar-refractivity contribution >= 4 is 43.6 Å². The molecule has 10 aromatic carbocycles. The van der Waals surface area contributed by atoms with E-state index in [2.05, 4.69) is 30.3 Å². The molecule has 16 rings (SSSR count). The lowest BCUT2D eigenvalue weighted by Crippen LogP contribution is -2.17. The Hall–Kier alpha value is -12.3. The number of halogens is 3. The molecule has 16 aromatic rings. The Morgan fingerprint density at radius 3 is 0.957 bits per heavy atom. The van der Waals surface area contributed by atoms with E-state index in [9.17, 15) is 5.26 Å². The quantitative estimate of drug-likeness (QED) is 0.129. The maximum atomic E-state index is 17.7. The van der Waals surface area contributed by atoms with Crippen molar-refractivity contribution < 1.29 is 13.2 Å². The first-order valence-corrected chi connectivity index (χ1v) is 30.2. The van der Waals surface area contributed by atoms with Crippen LogP contribution in [0.4, 0.5) is 13.2 Å². The number of hydrogen-bond acceptors (Lipinski definition) is 5. The smallest absolute Gasteiger partial charge is 0.309 e. The van der Waals surface area contributed by atoms with E-state index >= 15 is 13.2 Å². The van der Waals surface area contributed by atoms with Crippen molar-refractivity contribution in [2.45, 2.75) is 6.18 Å². The zero-order valence-electron chi connectivity index (χ0n) is 49.1. The van der Waals surface area contributed by atoms with Crippen LogP contribution in [0.2, 0.25) is 0 Å². The van der Waals surface area contributed by atoms with Gasteiger partial charge < -0.3 is 9.13 Å². The highest BCUT2D eigenvalue weighted by Gasteiger charge is 2.41. The third kappa shape index (κ3) is 9.91. The molecule has 0 aliphatic carbocycles. The fraction of sp³-hybridized carbons (Fsp3) is 0.0122. The number of nitriles is 1. The predicted octanol–water partition coefficient (Wildman–Crippen LogP) is 21.4. The molecule has 434 valence electrons. The third-order valence-corrected chi connectivity index (χ3v) is 17.4. The van der Waals surface area contributed by atoms with E-state index in [0.717, 1.165) is 111 Å². The minimum Gasteiger partial charge on any atom is -0.309 e. The maximum Gasteiger partial charge on any atom is 0.420 e. The largest absolute Gasteiger partial charge is 0.420 e. The van der Waals surface area contributed by atoms with Crippen molar-refractivity contribution in [3.63, 3.8) is 0 Å². The second kappa shape index (κ2) is 22.7. The Bertz CT molecular complexity index is 5300. The number of pyridine rings is 4. The molecule has 6 heterocycles. The van der Waals surface area contributed by atoms with Gasteiger partial charge in [0.1, 0.15) is 5.56 Å². The average Bonchev–Trinajstić information content (AvgIpc) is 1.54. The van der Waals surface area contributed by atoms with Gasteiger partial charge in [-0.1, -0.05) is 164 Å². The summed E-state index contributed by atoms with van der Waals surface area (Å²) in [7, 11) is 0. The van der Waals surface area contributed by atoms with E-state index in [1.54, 1.807) is 70.3 Å². The monoisotopic (exact) mass is 1190 g/mol. The lowest BCUT2D eigenvalue weighted by Gasteiger charge is -2.24. The summed E-state index contributed by atoms with van der Waals surface area (Å²) >= 11 is 0. The number of hydrogen-bond donors (Lipinski definition) is 0. The van der Waals surface area contributed by atoms with Crippen LogP contribution in [0.15, 0.2) is 304 Å². The summed E-state index contributed by atoms with van der Waals surface area (Å²) in [4.78, 5) is 18.9. The van der Waals surface area contributed by atoms with Gasteiger partial charge in [0.2, 0.25) is 0 Å². The van der Waals surface area contributed by atoms with Crippen LogP contribution < -0.4 is 0 Å². The first-order valence-electron chi connectivity index (χ1n) is 30.2. The van der Waals surface area contributed by atoms with Gasteiger partial charge in [0.05, 0.1) is 67.8 Å². The molecular weight excluding hydrogens is 1140 g/mol. The molecular formula is C82H50F3N7. The summed E-state index contributed by atoms with van der Waals surface area (Å²) in [5.74, 6) is 0. The highest BCUT2D eigenvalue weighted by molar-refractivity contribution is 6.14. The Morgan fingerprint density at radius 2 is 0.620 bits per heavy atom. The third-order valence-electron chi connectivity index (χ3n) is 17.4. The Morgan fingerprint density at radius 1 is 0.293 bits per heavy atom. The van der Waals surface area contributed by atoms with Crippen LogP contribution in [-0.4, -0.2) is 29.1 Å². The van der Waals surface area contributed by atoms with Crippen molar-refractivity contribution in [2.24, 2.45) is 0 Å². The lowest BCUT2D eigenvalue weighted by molar-refractivity contribution is -0.137. The Balaban J connectivity index is 0.972. The molecule has 0 fully saturated rings. The lowest BCUT2D eigenvalue weighted by atomic mass is 9.96. The van der Waals surface area contributed by atoms with Crippen LogP contribution in [0.1, 0.15) is 11.1 Å². The summed E-state index contributed by atoms with van der Waals surface area (Å²) in [6.07, 6.45) is 2.18. The molecule has 0 unspecified atom stereocenters. The molecule has 92 heavy (non-hydrogen) atoms. The summed E-state index contributed by atoms with van der Waals surface area (Å²) in [6.45, 7) is 0. The molecule has 0 bridgehead atoms. The van der Waals surface area contributed by atoms with Crippen molar-refractivity contribution in [1.82, 2.24) is 29.1 Å². The van der Waals surface area contributed by atoms with Crippen molar-refractivity contribution in [3.8, 4) is 118 Å². The van der Waals surface area contributed by atoms with Gasteiger partial charge in [-0.2, -0.15) is 18.4 Å². The second-order valence-corrected chi connectivity index (χ2v) is 22.8. The molecule has 0 saturated heterocycles. The van der Waals surface area contributed by atoms with E-state index < -0.39 is 11.7 Å². The van der Waals surface area contributed by atoms with E-state index in [1.165, 1.54) is 0 Å². The summed E-state index contributed by atoms with van der Waals surface area (Å²) in [5.41, 5.74) is 16.3. The minimum absolute atomic E-state index is 0.0718. The van der Waals surface area contributed by atoms with Gasteiger partial charge >= 0.3 is 6.18 Å². The van der Waals surface area contributed by atoms with Crippen LogP contribution in [0, 0.1) is 11.3 Å². The molecule has 0 radical (unpaired) electrons. The van der Waals surface area contributed by atoms with Gasteiger partial charge in [0, 0.05) is 74.1 Å². The normalized spacial score (nSPS) is 11.6. The summed E-state index contributed by atoms with van der Waals surface area (Å²) in [6, 6.07) is 92.3. The zero-order valence-corrected chi connectivity index (χ0v) is 49.1. The number of fused-ring (bicyclic) bond motifs is 6. The maximum absolute atomic E-state index is 17.7. The van der Waals surface area contributed by atoms with Crippen molar-refractivity contribution in [2.75, 3.05) is 0 Å². The number of rotatable bonds is 11. The zero-order chi connectivity index (χ0) is 61.9. The van der Waals surface area contributed by atoms with E-state index in [4.69, 9.17) is 19.9 Å². The van der Waals surface area contributed by atoms with Crippen LogP contribution >= 0.6 is 0 Å².